The highest BCUT2D eigenvalue weighted by molar-refractivity contribution is 5.80. The van der Waals surface area contributed by atoms with Crippen molar-refractivity contribution < 1.29 is 4.70 Å². The lowest BCUT2D eigenvalue weighted by atomic mass is 9.96. The smallest absolute Gasteiger partial charge is 0.211 e. The largest absolute Gasteiger partial charge is 0.493 e. The van der Waals surface area contributed by atoms with Gasteiger partial charge in [0.25, 0.3) is 0 Å². The van der Waals surface area contributed by atoms with E-state index in [1.165, 1.54) is 356 Å². The van der Waals surface area contributed by atoms with Crippen LogP contribution >= 0.6 is 0 Å². The van der Waals surface area contributed by atoms with Crippen molar-refractivity contribution >= 4 is 11.4 Å². The lowest BCUT2D eigenvalue weighted by Gasteiger charge is -2.14. The van der Waals surface area contributed by atoms with E-state index in [9.17, 15) is 5.53 Å². The maximum Gasteiger partial charge on any atom is 0.211 e. The van der Waals surface area contributed by atoms with Crippen molar-refractivity contribution in [1.29, 1.82) is 0 Å². The highest BCUT2D eigenvalue weighted by Crippen LogP contribution is 2.40. The van der Waals surface area contributed by atoms with Gasteiger partial charge in [0.2, 0.25) is 11.4 Å². The number of allylic oxidation sites excluding steroid dienone is 6. The third-order valence-corrected chi connectivity index (χ3v) is 18.6. The Hall–Kier alpha value is -3.00. The van der Waals surface area contributed by atoms with Crippen molar-refractivity contribution in [2.45, 2.75) is 393 Å². The van der Waals surface area contributed by atoms with Gasteiger partial charge in [-0.2, -0.15) is 0 Å². The number of hydrogen-bond acceptors (Lipinski definition) is 0. The van der Waals surface area contributed by atoms with Crippen LogP contribution in [0.15, 0.2) is 84.5 Å². The molecule has 1 aliphatic rings. The number of nitrogens with zero attached hydrogens (tertiary/aromatic N) is 2. The van der Waals surface area contributed by atoms with E-state index in [0.29, 0.717) is 0 Å². The summed E-state index contributed by atoms with van der Waals surface area (Å²) >= 11 is 0. The Bertz CT molecular complexity index is 1890. The van der Waals surface area contributed by atoms with Gasteiger partial charge >= 0.3 is 0 Å². The minimum atomic E-state index is 0.937. The molecule has 2 nitrogen and oxygen atoms in total. The van der Waals surface area contributed by atoms with E-state index in [1.54, 1.807) is 4.70 Å². The van der Waals surface area contributed by atoms with Crippen molar-refractivity contribution in [3.8, 4) is 0 Å². The standard InChI is InChI=1S/C81H138N2/c1-4-7-10-12-14-16-18-20-22-24-26-28-30-32-34-36-38-40-42-44-46-48-50-52-54-56-58-61-67-75-69-63-65-72-78(75)80-74-77(71-60-9-6-3)81(83(80)82)79-73-66-64-70-76(79)68-62-59-57-55-53-51-49-47-45-43-41-39-37-35-33-31-29-27-25-23-21-19-17-15-13-11-8-5-2/h56-59,63-66,69-70,72-74H,4-55,60-62,67-68,71H2,1-3H3. The van der Waals surface area contributed by atoms with Crippen LogP contribution in [0.4, 0.5) is 0 Å². The van der Waals surface area contributed by atoms with E-state index >= 15 is 0 Å². The lowest BCUT2D eigenvalue weighted by molar-refractivity contribution is -0.344. The molecule has 0 atom stereocenters. The minimum Gasteiger partial charge on any atom is -0.493 e. The maximum absolute atomic E-state index is 12.2. The molecule has 472 valence electrons. The molecule has 3 rings (SSSR count). The van der Waals surface area contributed by atoms with E-state index in [1.807, 2.05) is 0 Å². The van der Waals surface area contributed by atoms with Crippen molar-refractivity contribution in [2.75, 3.05) is 0 Å². The number of benzene rings is 2. The molecule has 0 unspecified atom stereocenters. The second-order valence-corrected chi connectivity index (χ2v) is 26.3. The molecule has 83 heavy (non-hydrogen) atoms. The van der Waals surface area contributed by atoms with Crippen molar-refractivity contribution in [3.05, 3.63) is 112 Å². The van der Waals surface area contributed by atoms with Gasteiger partial charge < -0.3 is 5.53 Å². The fourth-order valence-electron chi connectivity index (χ4n) is 13.1. The Morgan fingerprint density at radius 3 is 0.855 bits per heavy atom. The van der Waals surface area contributed by atoms with Gasteiger partial charge in [-0.05, 0) is 87.5 Å². The number of unbranched alkanes of at least 4 members (excludes halogenated alkanes) is 50. The summed E-state index contributed by atoms with van der Waals surface area (Å²) in [7, 11) is 0. The number of hydrogen-bond donors (Lipinski definition) is 0. The Morgan fingerprint density at radius 1 is 0.277 bits per heavy atom. The van der Waals surface area contributed by atoms with Crippen LogP contribution in [0.5, 0.6) is 0 Å². The second kappa shape index (κ2) is 56.8. The molecule has 0 aliphatic carbocycles. The van der Waals surface area contributed by atoms with Gasteiger partial charge in [-0.25, -0.2) is 4.70 Å². The van der Waals surface area contributed by atoms with E-state index in [4.69, 9.17) is 0 Å². The van der Waals surface area contributed by atoms with E-state index < -0.39 is 0 Å². The summed E-state index contributed by atoms with van der Waals surface area (Å²) in [6.45, 7) is 6.90. The summed E-state index contributed by atoms with van der Waals surface area (Å²) in [5.41, 5.74) is 20.4. The fraction of sp³-hybridized carbons (Fsp3) is 0.753. The highest BCUT2D eigenvalue weighted by atomic mass is 15.2. The number of rotatable bonds is 62. The predicted molar refractivity (Wildman–Crippen MR) is 373 cm³/mol. The minimum absolute atomic E-state index is 0.937. The summed E-state index contributed by atoms with van der Waals surface area (Å²) in [4.78, 5) is 0. The Balaban J connectivity index is 1.22. The molecule has 0 spiro atoms. The highest BCUT2D eigenvalue weighted by Gasteiger charge is 2.31. The zero-order valence-electron chi connectivity index (χ0n) is 55.9. The quantitative estimate of drug-likeness (QED) is 0.0358. The molecule has 0 N–H and O–H groups in total. The Morgan fingerprint density at radius 2 is 0.530 bits per heavy atom. The lowest BCUT2D eigenvalue weighted by Crippen LogP contribution is -2.06. The van der Waals surface area contributed by atoms with Crippen molar-refractivity contribution in [2.24, 2.45) is 0 Å². The summed E-state index contributed by atoms with van der Waals surface area (Å²) in [5.74, 6) is 0. The molecular weight excluding hydrogens is 1000 g/mol. The first-order chi connectivity index (χ1) is 41.2. The SMILES string of the molecule is CCCCCCCCCCCCCCCCCCCCCCCCCCC=CCCc1ccccc1C1=CC(CCCCC)=C(c2ccccc2CCC=CCCCCCCCCCCCCCCCCCCCCCCCCCC)[N+]1=[N-]. The first kappa shape index (κ1) is 74.3. The third kappa shape index (κ3) is 40.2. The molecule has 1 aliphatic heterocycles. The summed E-state index contributed by atoms with van der Waals surface area (Å²) in [5, 5.41) is 0. The van der Waals surface area contributed by atoms with Gasteiger partial charge in [-0.3, -0.25) is 0 Å². The van der Waals surface area contributed by atoms with Gasteiger partial charge in [0, 0.05) is 22.8 Å². The van der Waals surface area contributed by atoms with Crippen LogP contribution < -0.4 is 0 Å². The maximum atomic E-state index is 12.2. The fourth-order valence-corrected chi connectivity index (χ4v) is 13.1. The molecule has 0 radical (unpaired) electrons. The Labute approximate surface area is 518 Å². The van der Waals surface area contributed by atoms with Crippen LogP contribution in [-0.4, -0.2) is 4.70 Å². The average molecular weight is 1140 g/mol. The topological polar surface area (TPSA) is 25.3 Å². The van der Waals surface area contributed by atoms with Gasteiger partial charge in [-0.1, -0.05) is 390 Å². The summed E-state index contributed by atoms with van der Waals surface area (Å²) in [6, 6.07) is 17.7. The summed E-state index contributed by atoms with van der Waals surface area (Å²) < 4.78 is 1.55. The van der Waals surface area contributed by atoms with Crippen LogP contribution in [0.1, 0.15) is 403 Å². The van der Waals surface area contributed by atoms with Crippen molar-refractivity contribution in [3.63, 3.8) is 0 Å². The molecule has 0 amide bonds. The van der Waals surface area contributed by atoms with Crippen LogP contribution in [-0.2, 0) is 12.8 Å². The van der Waals surface area contributed by atoms with Gasteiger partial charge in [-0.15, -0.1) is 0 Å². The summed E-state index contributed by atoms with van der Waals surface area (Å²) in [6.07, 6.45) is 92.2. The first-order valence-corrected chi connectivity index (χ1v) is 37.6. The molecule has 2 aromatic carbocycles. The third-order valence-electron chi connectivity index (χ3n) is 18.6. The van der Waals surface area contributed by atoms with E-state index in [0.717, 1.165) is 55.5 Å². The first-order valence-electron chi connectivity index (χ1n) is 37.6. The van der Waals surface area contributed by atoms with Gasteiger partial charge in [0.15, 0.2) is 0 Å². The zero-order valence-corrected chi connectivity index (χ0v) is 55.9. The zero-order chi connectivity index (χ0) is 58.8. The van der Waals surface area contributed by atoms with Crippen molar-refractivity contribution in [1.82, 2.24) is 0 Å². The van der Waals surface area contributed by atoms with Gasteiger partial charge in [0.05, 0.1) is 0 Å². The molecule has 1 heterocycles. The molecule has 0 aromatic heterocycles. The number of aryl methyl sites for hydroxylation is 2. The second-order valence-electron chi connectivity index (χ2n) is 26.3. The molecule has 2 aromatic rings. The molecule has 0 saturated carbocycles. The predicted octanol–water partition coefficient (Wildman–Crippen LogP) is 28.6. The van der Waals surface area contributed by atoms with E-state index in [-0.39, 0.29) is 0 Å². The van der Waals surface area contributed by atoms with Crippen LogP contribution in [0.25, 0.3) is 16.9 Å². The normalized spacial score (nSPS) is 12.9. The monoisotopic (exact) mass is 1140 g/mol. The van der Waals surface area contributed by atoms with E-state index in [2.05, 4.69) is 99.7 Å². The van der Waals surface area contributed by atoms with Crippen LogP contribution in [0.3, 0.4) is 0 Å². The Kier molecular flexibility index (Phi) is 50.8. The molecule has 0 bridgehead atoms. The van der Waals surface area contributed by atoms with Crippen LogP contribution in [0, 0.1) is 0 Å². The average Bonchev–Trinajstić information content (AvgIpc) is 3.05. The van der Waals surface area contributed by atoms with Crippen LogP contribution in [0.2, 0.25) is 0 Å². The molecule has 2 heteroatoms. The molecule has 0 fully saturated rings. The molecular formula is C81H138N2. The molecule has 0 saturated heterocycles. The van der Waals surface area contributed by atoms with Gasteiger partial charge in [0.1, 0.15) is 0 Å².